The van der Waals surface area contributed by atoms with Crippen molar-refractivity contribution < 1.29 is 23.0 Å². The number of pyridine rings is 2. The van der Waals surface area contributed by atoms with Crippen LogP contribution in [0.2, 0.25) is 0 Å². The van der Waals surface area contributed by atoms with Gasteiger partial charge in [0.25, 0.3) is 5.56 Å². The normalized spacial score (nSPS) is 16.3. The van der Waals surface area contributed by atoms with E-state index in [0.717, 1.165) is 43.2 Å². The van der Waals surface area contributed by atoms with Crippen molar-refractivity contribution >= 4 is 10.9 Å². The second-order valence-electron chi connectivity index (χ2n) is 10.3. The molecule has 0 saturated heterocycles. The molecule has 2 aromatic heterocycles. The summed E-state index contributed by atoms with van der Waals surface area (Å²) in [6.45, 7) is 1.99. The maximum Gasteiger partial charge on any atom is 0.573 e. The van der Waals surface area contributed by atoms with E-state index in [0.29, 0.717) is 39.0 Å². The molecule has 5 nitrogen and oxygen atoms in total. The van der Waals surface area contributed by atoms with Gasteiger partial charge in [0, 0.05) is 16.5 Å². The average Bonchev–Trinajstić information content (AvgIpc) is 3.27. The van der Waals surface area contributed by atoms with Gasteiger partial charge in [0.05, 0.1) is 29.6 Å². The molecule has 1 N–H and O–H groups in total. The summed E-state index contributed by atoms with van der Waals surface area (Å²) < 4.78 is 44.8. The van der Waals surface area contributed by atoms with Crippen molar-refractivity contribution in [3.8, 4) is 28.3 Å². The monoisotopic (exact) mass is 520 g/mol. The predicted octanol–water partition coefficient (Wildman–Crippen LogP) is 6.91. The maximum absolute atomic E-state index is 13.6. The van der Waals surface area contributed by atoms with Crippen LogP contribution >= 0.6 is 0 Å². The molecular weight excluding hydrogens is 493 g/mol. The van der Waals surface area contributed by atoms with Gasteiger partial charge >= 0.3 is 6.36 Å². The Bertz CT molecular complexity index is 1590. The number of aliphatic hydroxyl groups is 1. The number of halogens is 3. The van der Waals surface area contributed by atoms with E-state index in [9.17, 15) is 23.1 Å². The molecule has 38 heavy (non-hydrogen) atoms. The van der Waals surface area contributed by atoms with E-state index in [2.05, 4.69) is 4.74 Å². The molecule has 0 bridgehead atoms. The van der Waals surface area contributed by atoms with E-state index in [-0.39, 0.29) is 23.8 Å². The number of aromatic nitrogens is 2. The molecule has 1 fully saturated rings. The second-order valence-corrected chi connectivity index (χ2v) is 10.3. The van der Waals surface area contributed by atoms with Crippen LogP contribution in [0.3, 0.4) is 0 Å². The minimum absolute atomic E-state index is 0.113. The fraction of sp³-hybridized carbons (Fsp3) is 0.333. The summed E-state index contributed by atoms with van der Waals surface area (Å²) in [5.41, 5.74) is 4.97. The van der Waals surface area contributed by atoms with Gasteiger partial charge < -0.3 is 14.4 Å². The number of hydrogen-bond acceptors (Lipinski definition) is 4. The van der Waals surface area contributed by atoms with Crippen LogP contribution in [-0.2, 0) is 6.54 Å². The highest BCUT2D eigenvalue weighted by Gasteiger charge is 2.33. The van der Waals surface area contributed by atoms with Crippen molar-refractivity contribution in [3.05, 3.63) is 81.6 Å². The molecule has 4 aromatic rings. The molecule has 1 saturated carbocycles. The summed E-state index contributed by atoms with van der Waals surface area (Å²) in [6.07, 6.45) is -0.381. The summed E-state index contributed by atoms with van der Waals surface area (Å²) in [5.74, 6) is -0.215. The summed E-state index contributed by atoms with van der Waals surface area (Å²) in [5, 5.41) is 11.8. The van der Waals surface area contributed by atoms with Crippen LogP contribution < -0.4 is 10.3 Å². The van der Waals surface area contributed by atoms with Crippen LogP contribution in [0.15, 0.2) is 59.4 Å². The van der Waals surface area contributed by atoms with Crippen molar-refractivity contribution in [1.29, 1.82) is 0 Å². The van der Waals surface area contributed by atoms with Gasteiger partial charge in [0.15, 0.2) is 0 Å². The Labute approximate surface area is 217 Å². The zero-order valence-corrected chi connectivity index (χ0v) is 20.9. The lowest BCUT2D eigenvalue weighted by atomic mass is 9.82. The number of aliphatic hydroxyl groups excluding tert-OH is 1. The fourth-order valence-corrected chi connectivity index (χ4v) is 6.07. The van der Waals surface area contributed by atoms with Crippen molar-refractivity contribution in [3.63, 3.8) is 0 Å². The number of benzene rings is 2. The van der Waals surface area contributed by atoms with E-state index >= 15 is 0 Å². The van der Waals surface area contributed by atoms with Crippen molar-refractivity contribution in [2.75, 3.05) is 0 Å². The van der Waals surface area contributed by atoms with Crippen LogP contribution in [0, 0.1) is 12.8 Å². The number of fused-ring (bicyclic) bond motifs is 4. The van der Waals surface area contributed by atoms with Crippen LogP contribution in [0.5, 0.6) is 5.75 Å². The number of alkyl halides is 3. The average molecular weight is 521 g/mol. The smallest absolute Gasteiger partial charge is 0.406 e. The number of ether oxygens (including phenoxy) is 1. The van der Waals surface area contributed by atoms with Crippen LogP contribution in [0.1, 0.15) is 54.9 Å². The number of hydrogen-bond donors (Lipinski definition) is 1. The molecule has 1 aliphatic heterocycles. The Morgan fingerprint density at radius 1 is 1.05 bits per heavy atom. The van der Waals surface area contributed by atoms with Gasteiger partial charge in [-0.15, -0.1) is 13.2 Å². The molecule has 2 aromatic carbocycles. The quantitative estimate of drug-likeness (QED) is 0.280. The van der Waals surface area contributed by atoms with Gasteiger partial charge in [-0.3, -0.25) is 4.79 Å². The molecule has 1 aliphatic carbocycles. The number of nitrogens with zero attached hydrogens (tertiary/aromatic N) is 2. The Kier molecular flexibility index (Phi) is 6.02. The van der Waals surface area contributed by atoms with Gasteiger partial charge in [0.2, 0.25) is 0 Å². The molecule has 196 valence electrons. The first-order chi connectivity index (χ1) is 18.2. The van der Waals surface area contributed by atoms with Crippen LogP contribution in [0.4, 0.5) is 13.2 Å². The third kappa shape index (κ3) is 4.26. The summed E-state index contributed by atoms with van der Waals surface area (Å²) in [4.78, 5) is 18.4. The highest BCUT2D eigenvalue weighted by Crippen LogP contribution is 2.43. The third-order valence-corrected chi connectivity index (χ3v) is 7.91. The van der Waals surface area contributed by atoms with Crippen LogP contribution in [0.25, 0.3) is 33.4 Å². The highest BCUT2D eigenvalue weighted by molar-refractivity contribution is 6.00. The lowest BCUT2D eigenvalue weighted by Crippen LogP contribution is -2.26. The zero-order chi connectivity index (χ0) is 26.6. The third-order valence-electron chi connectivity index (χ3n) is 7.91. The Hall–Kier alpha value is -3.65. The molecule has 0 spiro atoms. The SMILES string of the molecule is Cc1c(C(O)C2CCCCC2)cc2n(c1=O)Cc1c-2nc2ccc(OC(F)(F)F)cc2c1-c1ccccc1. The Morgan fingerprint density at radius 2 is 1.79 bits per heavy atom. The summed E-state index contributed by atoms with van der Waals surface area (Å²) in [7, 11) is 0. The first-order valence-corrected chi connectivity index (χ1v) is 12.9. The lowest BCUT2D eigenvalue weighted by Gasteiger charge is -2.28. The molecule has 0 amide bonds. The Morgan fingerprint density at radius 3 is 2.50 bits per heavy atom. The molecule has 8 heteroatoms. The minimum atomic E-state index is -4.82. The molecule has 0 radical (unpaired) electrons. The van der Waals surface area contributed by atoms with Gasteiger partial charge in [-0.1, -0.05) is 49.6 Å². The standard InChI is InChI=1S/C30H27F3N2O3/c1-17-21(28(36)19-10-6-3-7-11-19)15-25-27-23(16-35(25)29(17)37)26(18-8-4-2-5-9-18)22-14-20(38-30(31,32)33)12-13-24(22)34-27/h2,4-5,8-9,12-15,19,28,36H,3,6-7,10-11,16H2,1H3. The maximum atomic E-state index is 13.6. The first kappa shape index (κ1) is 24.7. The Balaban J connectivity index is 1.56. The van der Waals surface area contributed by atoms with E-state index in [4.69, 9.17) is 4.98 Å². The molecule has 3 heterocycles. The van der Waals surface area contributed by atoms with E-state index < -0.39 is 12.5 Å². The van der Waals surface area contributed by atoms with Gasteiger partial charge in [-0.05, 0) is 66.6 Å². The fourth-order valence-electron chi connectivity index (χ4n) is 6.07. The molecule has 6 rings (SSSR count). The molecule has 1 unspecified atom stereocenters. The predicted molar refractivity (Wildman–Crippen MR) is 139 cm³/mol. The minimum Gasteiger partial charge on any atom is -0.406 e. The highest BCUT2D eigenvalue weighted by atomic mass is 19.4. The molecule has 2 aliphatic rings. The van der Waals surface area contributed by atoms with Gasteiger partial charge in [-0.2, -0.15) is 0 Å². The van der Waals surface area contributed by atoms with Crippen molar-refractivity contribution in [2.45, 2.75) is 58.0 Å². The van der Waals surface area contributed by atoms with E-state index in [1.807, 2.05) is 36.4 Å². The second kappa shape index (κ2) is 9.27. The summed E-state index contributed by atoms with van der Waals surface area (Å²) >= 11 is 0. The molecule has 1 atom stereocenters. The summed E-state index contributed by atoms with van der Waals surface area (Å²) in [6, 6.07) is 15.4. The topological polar surface area (TPSA) is 64.4 Å². The van der Waals surface area contributed by atoms with Crippen molar-refractivity contribution in [2.24, 2.45) is 5.92 Å². The van der Waals surface area contributed by atoms with E-state index in [1.54, 1.807) is 11.5 Å². The van der Waals surface area contributed by atoms with Gasteiger partial charge in [0.1, 0.15) is 5.75 Å². The van der Waals surface area contributed by atoms with Crippen LogP contribution in [-0.4, -0.2) is 21.0 Å². The lowest BCUT2D eigenvalue weighted by molar-refractivity contribution is -0.274. The largest absolute Gasteiger partial charge is 0.573 e. The first-order valence-electron chi connectivity index (χ1n) is 12.9. The van der Waals surface area contributed by atoms with E-state index in [1.165, 1.54) is 18.2 Å². The molecular formula is C30H27F3N2O3. The van der Waals surface area contributed by atoms with Crippen molar-refractivity contribution in [1.82, 2.24) is 9.55 Å². The number of rotatable bonds is 4. The van der Waals surface area contributed by atoms with Gasteiger partial charge in [-0.25, -0.2) is 4.98 Å². The zero-order valence-electron chi connectivity index (χ0n) is 20.9.